The number of hydrogen-bond donors (Lipinski definition) is 0. The highest BCUT2D eigenvalue weighted by molar-refractivity contribution is 5.58. The first-order chi connectivity index (χ1) is 13.2. The Labute approximate surface area is 159 Å². The number of aromatic nitrogens is 4. The van der Waals surface area contributed by atoms with Gasteiger partial charge in [0.2, 0.25) is 0 Å². The molecule has 1 aromatic carbocycles. The monoisotopic (exact) mass is 362 g/mol. The maximum atomic E-state index is 4.77. The minimum Gasteiger partial charge on any atom is -0.365 e. The van der Waals surface area contributed by atoms with Crippen molar-refractivity contribution in [2.24, 2.45) is 0 Å². The summed E-state index contributed by atoms with van der Waals surface area (Å²) in [7, 11) is 0. The number of fused-ring (bicyclic) bond motifs is 2. The lowest BCUT2D eigenvalue weighted by Gasteiger charge is -2.43. The maximum Gasteiger partial charge on any atom is 0.254 e. The molecule has 1 atom stereocenters. The molecule has 140 valence electrons. The van der Waals surface area contributed by atoms with Crippen LogP contribution >= 0.6 is 0 Å². The summed E-state index contributed by atoms with van der Waals surface area (Å²) in [6.07, 6.45) is 6.25. The highest BCUT2D eigenvalue weighted by atomic mass is 15.4. The van der Waals surface area contributed by atoms with Crippen LogP contribution in [0, 0.1) is 6.92 Å². The Morgan fingerprint density at radius 2 is 2.00 bits per heavy atom. The molecule has 1 saturated heterocycles. The Hall–Kier alpha value is -2.63. The number of nitrogens with zero attached hydrogens (tertiary/aromatic N) is 6. The van der Waals surface area contributed by atoms with E-state index in [0.29, 0.717) is 6.04 Å². The molecule has 0 bridgehead atoms. The minimum atomic E-state index is 0.437. The van der Waals surface area contributed by atoms with Gasteiger partial charge in [-0.05, 0) is 57.2 Å². The molecule has 0 amide bonds. The first-order valence-corrected chi connectivity index (χ1v) is 10.0. The second-order valence-corrected chi connectivity index (χ2v) is 7.87. The Bertz CT molecular complexity index is 978. The molecule has 27 heavy (non-hydrogen) atoms. The molecule has 1 aliphatic carbocycles. The lowest BCUT2D eigenvalue weighted by atomic mass is 9.95. The van der Waals surface area contributed by atoms with Gasteiger partial charge in [0, 0.05) is 36.9 Å². The second kappa shape index (κ2) is 6.51. The van der Waals surface area contributed by atoms with Crippen molar-refractivity contribution in [2.45, 2.75) is 45.6 Å². The van der Waals surface area contributed by atoms with Crippen LogP contribution in [-0.4, -0.2) is 45.3 Å². The Balaban J connectivity index is 1.49. The molecule has 2 aliphatic rings. The quantitative estimate of drug-likeness (QED) is 0.701. The molecule has 3 aromatic rings. The Morgan fingerprint density at radius 1 is 1.11 bits per heavy atom. The van der Waals surface area contributed by atoms with Gasteiger partial charge in [0.15, 0.2) is 0 Å². The summed E-state index contributed by atoms with van der Waals surface area (Å²) in [5, 5.41) is 4.50. The van der Waals surface area contributed by atoms with Gasteiger partial charge in [-0.1, -0.05) is 12.1 Å². The van der Waals surface area contributed by atoms with E-state index >= 15 is 0 Å². The van der Waals surface area contributed by atoms with Crippen molar-refractivity contribution in [3.63, 3.8) is 0 Å². The Kier molecular flexibility index (Phi) is 3.99. The van der Waals surface area contributed by atoms with Gasteiger partial charge in [-0.3, -0.25) is 0 Å². The van der Waals surface area contributed by atoms with E-state index in [1.165, 1.54) is 41.2 Å². The predicted octanol–water partition coefficient (Wildman–Crippen LogP) is 3.03. The van der Waals surface area contributed by atoms with Crippen molar-refractivity contribution in [2.75, 3.05) is 29.4 Å². The number of aryl methyl sites for hydroxylation is 2. The molecule has 0 spiro atoms. The van der Waals surface area contributed by atoms with Gasteiger partial charge in [0.1, 0.15) is 12.1 Å². The van der Waals surface area contributed by atoms with Crippen molar-refractivity contribution in [3.05, 3.63) is 47.4 Å². The molecule has 1 fully saturated rings. The largest absolute Gasteiger partial charge is 0.365 e. The van der Waals surface area contributed by atoms with Crippen LogP contribution in [0.25, 0.3) is 5.78 Å². The Morgan fingerprint density at radius 3 is 2.85 bits per heavy atom. The average molecular weight is 362 g/mol. The van der Waals surface area contributed by atoms with Crippen LogP contribution < -0.4 is 9.80 Å². The first kappa shape index (κ1) is 16.5. The summed E-state index contributed by atoms with van der Waals surface area (Å²) >= 11 is 0. The summed E-state index contributed by atoms with van der Waals surface area (Å²) in [5.41, 5.74) is 5.25. The normalized spacial score (nSPS) is 20.1. The molecule has 2 aromatic heterocycles. The molecule has 1 unspecified atom stereocenters. The van der Waals surface area contributed by atoms with Crippen LogP contribution in [0.15, 0.2) is 30.6 Å². The van der Waals surface area contributed by atoms with E-state index in [1.54, 1.807) is 6.33 Å². The predicted molar refractivity (Wildman–Crippen MR) is 108 cm³/mol. The van der Waals surface area contributed by atoms with E-state index in [4.69, 9.17) is 4.98 Å². The fourth-order valence-electron chi connectivity index (χ4n) is 4.63. The third kappa shape index (κ3) is 2.83. The molecular formula is C21H26N6. The van der Waals surface area contributed by atoms with E-state index in [0.717, 1.165) is 38.3 Å². The fourth-order valence-corrected chi connectivity index (χ4v) is 4.63. The first-order valence-electron chi connectivity index (χ1n) is 10.0. The number of piperazine rings is 1. The van der Waals surface area contributed by atoms with Crippen LogP contribution in [0.1, 0.15) is 36.6 Å². The lowest BCUT2D eigenvalue weighted by molar-refractivity contribution is 0.538. The van der Waals surface area contributed by atoms with Crippen molar-refractivity contribution in [1.29, 1.82) is 0 Å². The molecular weight excluding hydrogens is 336 g/mol. The average Bonchev–Trinajstić information content (AvgIpc) is 3.14. The van der Waals surface area contributed by atoms with Crippen LogP contribution in [0.5, 0.6) is 0 Å². The summed E-state index contributed by atoms with van der Waals surface area (Å²) in [6.45, 7) is 7.47. The molecule has 6 nitrogen and oxygen atoms in total. The van der Waals surface area contributed by atoms with E-state index in [2.05, 4.69) is 58.0 Å². The van der Waals surface area contributed by atoms with Gasteiger partial charge in [0.05, 0.1) is 5.69 Å². The van der Waals surface area contributed by atoms with Gasteiger partial charge >= 0.3 is 0 Å². The zero-order chi connectivity index (χ0) is 18.4. The highest BCUT2D eigenvalue weighted by Crippen LogP contribution is 2.32. The number of benzene rings is 1. The van der Waals surface area contributed by atoms with Gasteiger partial charge in [-0.25, -0.2) is 4.98 Å². The van der Waals surface area contributed by atoms with E-state index in [1.807, 2.05) is 4.52 Å². The van der Waals surface area contributed by atoms with Gasteiger partial charge in [-0.2, -0.15) is 14.6 Å². The van der Waals surface area contributed by atoms with Gasteiger partial charge in [-0.15, -0.1) is 0 Å². The molecule has 0 saturated carbocycles. The zero-order valence-corrected chi connectivity index (χ0v) is 16.1. The van der Waals surface area contributed by atoms with Crippen LogP contribution in [0.3, 0.4) is 0 Å². The molecule has 6 heteroatoms. The smallest absolute Gasteiger partial charge is 0.254 e. The van der Waals surface area contributed by atoms with Gasteiger partial charge < -0.3 is 9.80 Å². The number of anilines is 2. The standard InChI is InChI=1S/C21H26N6/c1-15-6-5-7-17(12-15)26-11-10-25(13-16(26)2)20-18-8-3-4-9-19(18)24-21-22-14-23-27(20)21/h5-7,12,14,16H,3-4,8-11,13H2,1-2H3. The van der Waals surface area contributed by atoms with Crippen LogP contribution in [-0.2, 0) is 12.8 Å². The molecule has 1 aliphatic heterocycles. The van der Waals surface area contributed by atoms with Crippen molar-refractivity contribution < 1.29 is 0 Å². The minimum absolute atomic E-state index is 0.437. The molecule has 0 N–H and O–H groups in total. The van der Waals surface area contributed by atoms with Crippen LogP contribution in [0.4, 0.5) is 11.5 Å². The SMILES string of the molecule is Cc1cccc(N2CCN(c3c4c(nc5ncnn35)CCCC4)CC2C)c1. The lowest BCUT2D eigenvalue weighted by Crippen LogP contribution is -2.53. The zero-order valence-electron chi connectivity index (χ0n) is 16.1. The third-order valence-corrected chi connectivity index (χ3v) is 5.93. The van der Waals surface area contributed by atoms with Crippen molar-refractivity contribution >= 4 is 17.3 Å². The van der Waals surface area contributed by atoms with Crippen molar-refractivity contribution in [1.82, 2.24) is 19.6 Å². The van der Waals surface area contributed by atoms with E-state index in [9.17, 15) is 0 Å². The van der Waals surface area contributed by atoms with E-state index in [-0.39, 0.29) is 0 Å². The topological polar surface area (TPSA) is 49.6 Å². The maximum absolute atomic E-state index is 4.77. The summed E-state index contributed by atoms with van der Waals surface area (Å²) in [6, 6.07) is 9.27. The highest BCUT2D eigenvalue weighted by Gasteiger charge is 2.29. The second-order valence-electron chi connectivity index (χ2n) is 7.87. The van der Waals surface area contributed by atoms with Crippen LogP contribution in [0.2, 0.25) is 0 Å². The molecule has 0 radical (unpaired) electrons. The third-order valence-electron chi connectivity index (χ3n) is 5.93. The summed E-state index contributed by atoms with van der Waals surface area (Å²) in [4.78, 5) is 14.2. The van der Waals surface area contributed by atoms with Crippen molar-refractivity contribution in [3.8, 4) is 0 Å². The summed E-state index contributed by atoms with van der Waals surface area (Å²) < 4.78 is 1.96. The molecule has 3 heterocycles. The molecule has 5 rings (SSSR count). The fraction of sp³-hybridized carbons (Fsp3) is 0.476. The van der Waals surface area contributed by atoms with Gasteiger partial charge in [0.25, 0.3) is 5.78 Å². The number of rotatable bonds is 2. The number of hydrogen-bond acceptors (Lipinski definition) is 5. The summed E-state index contributed by atoms with van der Waals surface area (Å²) in [5.74, 6) is 1.96. The van der Waals surface area contributed by atoms with E-state index < -0.39 is 0 Å².